The molecule has 28 heavy (non-hydrogen) atoms. The standard InChI is InChI=1S/C21H18BrN3O3/c1-3-25(11-18-23-16-7-5-4-6-14(16)20(26)24-18)21(27)19-12(2)15-10-13(22)8-9-17(15)28-19/h4-10H,3,11H2,1-2H3,(H,23,24,26). The maximum absolute atomic E-state index is 13.1. The Morgan fingerprint density at radius 3 is 2.79 bits per heavy atom. The molecule has 0 radical (unpaired) electrons. The Morgan fingerprint density at radius 1 is 1.21 bits per heavy atom. The van der Waals surface area contributed by atoms with Gasteiger partial charge in [0.05, 0.1) is 17.4 Å². The number of aromatic nitrogens is 2. The molecule has 1 amide bonds. The molecule has 142 valence electrons. The van der Waals surface area contributed by atoms with Crippen LogP contribution in [0.2, 0.25) is 0 Å². The highest BCUT2D eigenvalue weighted by atomic mass is 79.9. The zero-order chi connectivity index (χ0) is 19.8. The van der Waals surface area contributed by atoms with Gasteiger partial charge in [0.25, 0.3) is 11.5 Å². The molecule has 7 heteroatoms. The SMILES string of the molecule is CCN(Cc1nc2ccccc2c(=O)[nH]1)C(=O)c1oc2ccc(Br)cc2c1C. The Labute approximate surface area is 169 Å². The fourth-order valence-corrected chi connectivity index (χ4v) is 3.62. The molecule has 0 spiro atoms. The summed E-state index contributed by atoms with van der Waals surface area (Å²) in [6.07, 6.45) is 0. The van der Waals surface area contributed by atoms with E-state index in [-0.39, 0.29) is 18.0 Å². The van der Waals surface area contributed by atoms with Crippen molar-refractivity contribution in [1.82, 2.24) is 14.9 Å². The first-order chi connectivity index (χ1) is 13.5. The number of carbonyl (C=O) groups is 1. The maximum atomic E-state index is 13.1. The van der Waals surface area contributed by atoms with E-state index in [1.807, 2.05) is 38.1 Å². The van der Waals surface area contributed by atoms with Crippen molar-refractivity contribution in [1.29, 1.82) is 0 Å². The predicted octanol–water partition coefficient (Wildman–Crippen LogP) is 4.40. The predicted molar refractivity (Wildman–Crippen MR) is 111 cm³/mol. The van der Waals surface area contributed by atoms with Crippen molar-refractivity contribution < 1.29 is 9.21 Å². The van der Waals surface area contributed by atoms with Crippen LogP contribution in [-0.2, 0) is 6.54 Å². The fraction of sp³-hybridized carbons (Fsp3) is 0.190. The van der Waals surface area contributed by atoms with Crippen LogP contribution in [0, 0.1) is 6.92 Å². The number of amides is 1. The number of hydrogen-bond acceptors (Lipinski definition) is 4. The third-order valence-electron chi connectivity index (χ3n) is 4.76. The number of nitrogens with one attached hydrogen (secondary N) is 1. The lowest BCUT2D eigenvalue weighted by molar-refractivity contribution is 0.0717. The monoisotopic (exact) mass is 439 g/mol. The second kappa shape index (κ2) is 7.24. The van der Waals surface area contributed by atoms with Crippen LogP contribution in [0.4, 0.5) is 0 Å². The quantitative estimate of drug-likeness (QED) is 0.510. The lowest BCUT2D eigenvalue weighted by atomic mass is 10.1. The first-order valence-electron chi connectivity index (χ1n) is 8.93. The van der Waals surface area contributed by atoms with Crippen LogP contribution in [0.1, 0.15) is 28.9 Å². The molecule has 2 aromatic carbocycles. The van der Waals surface area contributed by atoms with E-state index in [2.05, 4.69) is 25.9 Å². The molecule has 2 heterocycles. The number of nitrogens with zero attached hydrogens (tertiary/aromatic N) is 2. The Bertz CT molecular complexity index is 1260. The Balaban J connectivity index is 1.69. The van der Waals surface area contributed by atoms with Gasteiger partial charge >= 0.3 is 0 Å². The summed E-state index contributed by atoms with van der Waals surface area (Å²) in [6.45, 7) is 4.40. The smallest absolute Gasteiger partial charge is 0.290 e. The number of benzene rings is 2. The van der Waals surface area contributed by atoms with Crippen molar-refractivity contribution in [3.8, 4) is 0 Å². The number of hydrogen-bond donors (Lipinski definition) is 1. The molecule has 0 fully saturated rings. The normalized spacial score (nSPS) is 11.2. The van der Waals surface area contributed by atoms with Crippen LogP contribution < -0.4 is 5.56 Å². The molecular weight excluding hydrogens is 422 g/mol. The summed E-state index contributed by atoms with van der Waals surface area (Å²) < 4.78 is 6.75. The average molecular weight is 440 g/mol. The summed E-state index contributed by atoms with van der Waals surface area (Å²) in [5.41, 5.74) is 1.85. The maximum Gasteiger partial charge on any atom is 0.290 e. The van der Waals surface area contributed by atoms with Crippen molar-refractivity contribution in [2.45, 2.75) is 20.4 Å². The van der Waals surface area contributed by atoms with E-state index in [1.54, 1.807) is 23.1 Å². The Morgan fingerprint density at radius 2 is 2.00 bits per heavy atom. The molecular formula is C21H18BrN3O3. The summed E-state index contributed by atoms with van der Waals surface area (Å²) in [7, 11) is 0. The number of aromatic amines is 1. The van der Waals surface area contributed by atoms with E-state index in [0.29, 0.717) is 34.6 Å². The summed E-state index contributed by atoms with van der Waals surface area (Å²) in [4.78, 5) is 34.3. The van der Waals surface area contributed by atoms with Crippen LogP contribution >= 0.6 is 15.9 Å². The molecule has 0 aliphatic rings. The number of fused-ring (bicyclic) bond motifs is 2. The van der Waals surface area contributed by atoms with Gasteiger partial charge in [0.1, 0.15) is 11.4 Å². The topological polar surface area (TPSA) is 79.2 Å². The highest BCUT2D eigenvalue weighted by Crippen LogP contribution is 2.29. The number of aryl methyl sites for hydroxylation is 1. The molecule has 0 aliphatic carbocycles. The van der Waals surface area contributed by atoms with E-state index in [1.165, 1.54) is 0 Å². The van der Waals surface area contributed by atoms with Crippen LogP contribution in [0.25, 0.3) is 21.9 Å². The molecule has 0 aliphatic heterocycles. The first-order valence-corrected chi connectivity index (χ1v) is 9.73. The summed E-state index contributed by atoms with van der Waals surface area (Å²) in [5, 5.41) is 1.42. The molecule has 4 aromatic rings. The number of rotatable bonds is 4. The largest absolute Gasteiger partial charge is 0.451 e. The minimum Gasteiger partial charge on any atom is -0.451 e. The summed E-state index contributed by atoms with van der Waals surface area (Å²) in [6, 6.07) is 12.8. The van der Waals surface area contributed by atoms with Gasteiger partial charge in [-0.1, -0.05) is 28.1 Å². The number of furan rings is 1. The molecule has 0 bridgehead atoms. The average Bonchev–Trinajstić information content (AvgIpc) is 3.02. The van der Waals surface area contributed by atoms with Gasteiger partial charge in [0.15, 0.2) is 5.76 Å². The molecule has 0 unspecified atom stereocenters. The van der Waals surface area contributed by atoms with Gasteiger partial charge in [0, 0.05) is 22.0 Å². The van der Waals surface area contributed by atoms with Gasteiger partial charge in [-0.15, -0.1) is 0 Å². The van der Waals surface area contributed by atoms with Gasteiger partial charge in [-0.05, 0) is 44.2 Å². The molecule has 6 nitrogen and oxygen atoms in total. The van der Waals surface area contributed by atoms with Gasteiger partial charge in [0.2, 0.25) is 0 Å². The lowest BCUT2D eigenvalue weighted by Crippen LogP contribution is -2.32. The third-order valence-corrected chi connectivity index (χ3v) is 5.26. The Kier molecular flexibility index (Phi) is 4.77. The molecule has 0 atom stereocenters. The van der Waals surface area contributed by atoms with Crippen LogP contribution in [0.5, 0.6) is 0 Å². The molecule has 2 aromatic heterocycles. The van der Waals surface area contributed by atoms with Crippen LogP contribution in [-0.4, -0.2) is 27.3 Å². The van der Waals surface area contributed by atoms with E-state index in [4.69, 9.17) is 4.42 Å². The fourth-order valence-electron chi connectivity index (χ4n) is 3.26. The molecule has 0 saturated carbocycles. The van der Waals surface area contributed by atoms with E-state index < -0.39 is 0 Å². The minimum absolute atomic E-state index is 0.190. The molecule has 1 N–H and O–H groups in total. The number of para-hydroxylation sites is 1. The van der Waals surface area contributed by atoms with Gasteiger partial charge in [-0.3, -0.25) is 9.59 Å². The second-order valence-corrected chi connectivity index (χ2v) is 7.46. The van der Waals surface area contributed by atoms with E-state index in [0.717, 1.165) is 15.4 Å². The zero-order valence-electron chi connectivity index (χ0n) is 15.5. The minimum atomic E-state index is -0.233. The number of carbonyl (C=O) groups excluding carboxylic acids is 1. The van der Waals surface area contributed by atoms with E-state index in [9.17, 15) is 9.59 Å². The lowest BCUT2D eigenvalue weighted by Gasteiger charge is -2.19. The van der Waals surface area contributed by atoms with Crippen molar-refractivity contribution in [2.24, 2.45) is 0 Å². The first kappa shape index (κ1) is 18.4. The van der Waals surface area contributed by atoms with Gasteiger partial charge in [-0.2, -0.15) is 0 Å². The molecule has 0 saturated heterocycles. The van der Waals surface area contributed by atoms with Crippen LogP contribution in [0.3, 0.4) is 0 Å². The zero-order valence-corrected chi connectivity index (χ0v) is 17.0. The van der Waals surface area contributed by atoms with Crippen molar-refractivity contribution >= 4 is 43.7 Å². The van der Waals surface area contributed by atoms with Gasteiger partial charge < -0.3 is 14.3 Å². The highest BCUT2D eigenvalue weighted by molar-refractivity contribution is 9.10. The molecule has 4 rings (SSSR count). The Hall–Kier alpha value is -2.93. The van der Waals surface area contributed by atoms with E-state index >= 15 is 0 Å². The second-order valence-electron chi connectivity index (χ2n) is 6.55. The van der Waals surface area contributed by atoms with Gasteiger partial charge in [-0.25, -0.2) is 4.98 Å². The highest BCUT2D eigenvalue weighted by Gasteiger charge is 2.23. The van der Waals surface area contributed by atoms with Crippen molar-refractivity contribution in [3.05, 3.63) is 74.4 Å². The summed E-state index contributed by atoms with van der Waals surface area (Å²) >= 11 is 3.45. The van der Waals surface area contributed by atoms with Crippen molar-refractivity contribution in [2.75, 3.05) is 6.54 Å². The number of H-pyrrole nitrogens is 1. The van der Waals surface area contributed by atoms with Crippen LogP contribution in [0.15, 0.2) is 56.1 Å². The van der Waals surface area contributed by atoms with Crippen molar-refractivity contribution in [3.63, 3.8) is 0 Å². The number of halogens is 1. The summed E-state index contributed by atoms with van der Waals surface area (Å²) in [5.74, 6) is 0.511. The third kappa shape index (κ3) is 3.22.